The third-order valence-electron chi connectivity index (χ3n) is 11.1. The van der Waals surface area contributed by atoms with E-state index in [1.165, 1.54) is 0 Å². The Hall–Kier alpha value is -6.44. The number of nitrogens with zero attached hydrogens (tertiary/aromatic N) is 2. The summed E-state index contributed by atoms with van der Waals surface area (Å²) in [7, 11) is 1.66. The van der Waals surface area contributed by atoms with Crippen LogP contribution in [-0.2, 0) is 10.3 Å². The minimum absolute atomic E-state index is 0.0653. The van der Waals surface area contributed by atoms with Gasteiger partial charge in [0.15, 0.2) is 5.60 Å². The molecule has 2 aliphatic rings. The standard InChI is InChI=1S/C49H44N4O3/c1-30(2)49(31(3)4)45-41(33-20-12-7-13-21-33)37-27-29-38(51-37)42(34-22-14-8-15-23-34)46-52-44(48(54-5)55-46)40(32-18-10-6-11-19-32)36-26-28-39(50-36)43(47(53-45)56-49)35-24-16-9-17-25-35/h6-31,48,50-51H,1-5H3. The lowest BCUT2D eigenvalue weighted by Crippen LogP contribution is -2.41. The summed E-state index contributed by atoms with van der Waals surface area (Å²) in [5, 5.41) is 0. The van der Waals surface area contributed by atoms with Crippen LogP contribution in [0.25, 0.3) is 66.6 Å². The molecule has 56 heavy (non-hydrogen) atoms. The molecule has 278 valence electrons. The summed E-state index contributed by atoms with van der Waals surface area (Å²) in [5.74, 6) is 1.16. The van der Waals surface area contributed by atoms with E-state index in [2.05, 4.69) is 135 Å². The predicted molar refractivity (Wildman–Crippen MR) is 225 cm³/mol. The molecule has 0 saturated carbocycles. The molecule has 0 spiro atoms. The zero-order valence-corrected chi connectivity index (χ0v) is 32.2. The Morgan fingerprint density at radius 1 is 0.500 bits per heavy atom. The van der Waals surface area contributed by atoms with Gasteiger partial charge in [0.1, 0.15) is 5.69 Å². The Morgan fingerprint density at radius 2 is 0.893 bits per heavy atom. The monoisotopic (exact) mass is 736 g/mol. The van der Waals surface area contributed by atoms with Crippen LogP contribution in [0.1, 0.15) is 45.4 Å². The van der Waals surface area contributed by atoms with Crippen molar-refractivity contribution in [2.75, 3.05) is 7.11 Å². The zero-order valence-electron chi connectivity index (χ0n) is 32.2. The van der Waals surface area contributed by atoms with Crippen molar-refractivity contribution in [3.63, 3.8) is 0 Å². The van der Waals surface area contributed by atoms with Gasteiger partial charge in [0.05, 0.1) is 27.9 Å². The molecule has 7 heteroatoms. The summed E-state index contributed by atoms with van der Waals surface area (Å²) in [6, 6.07) is 49.8. The number of benzene rings is 4. The molecule has 2 aliphatic heterocycles. The molecule has 8 bridgehead atoms. The number of ether oxygens (including phenoxy) is 3. The van der Waals surface area contributed by atoms with Crippen LogP contribution in [0, 0.1) is 11.8 Å². The third-order valence-corrected chi connectivity index (χ3v) is 11.1. The van der Waals surface area contributed by atoms with Gasteiger partial charge in [-0.3, -0.25) is 0 Å². The number of fused-ring (bicyclic) bond motifs is 8. The van der Waals surface area contributed by atoms with Crippen molar-refractivity contribution in [2.24, 2.45) is 11.8 Å². The molecule has 2 N–H and O–H groups in total. The van der Waals surface area contributed by atoms with E-state index in [1.54, 1.807) is 7.11 Å². The fourth-order valence-electron chi connectivity index (χ4n) is 8.46. The zero-order chi connectivity index (χ0) is 38.4. The average molecular weight is 737 g/mol. The van der Waals surface area contributed by atoms with Crippen molar-refractivity contribution in [1.82, 2.24) is 19.9 Å². The van der Waals surface area contributed by atoms with Gasteiger partial charge in [-0.25, -0.2) is 9.97 Å². The van der Waals surface area contributed by atoms with E-state index < -0.39 is 11.9 Å². The lowest BCUT2D eigenvalue weighted by molar-refractivity contribution is -0.0464. The Balaban J connectivity index is 1.55. The first-order valence-corrected chi connectivity index (χ1v) is 19.3. The third kappa shape index (κ3) is 5.87. The Labute approximate surface area is 327 Å². The summed E-state index contributed by atoms with van der Waals surface area (Å²) in [4.78, 5) is 18.6. The molecular weight excluding hydrogens is 693 g/mol. The average Bonchev–Trinajstić information content (AvgIpc) is 4.05. The number of aromatic amines is 2. The minimum Gasteiger partial charge on any atom is -0.463 e. The number of hydrogen-bond acceptors (Lipinski definition) is 5. The fourth-order valence-corrected chi connectivity index (χ4v) is 8.46. The van der Waals surface area contributed by atoms with Crippen LogP contribution in [0.15, 0.2) is 146 Å². The molecule has 5 heterocycles. The minimum atomic E-state index is -0.768. The topological polar surface area (TPSA) is 85.0 Å². The molecule has 0 fully saturated rings. The van der Waals surface area contributed by atoms with Crippen molar-refractivity contribution in [1.29, 1.82) is 0 Å². The van der Waals surface area contributed by atoms with Crippen molar-refractivity contribution < 1.29 is 14.2 Å². The first-order valence-electron chi connectivity index (χ1n) is 19.3. The van der Waals surface area contributed by atoms with Gasteiger partial charge in [0.2, 0.25) is 18.1 Å². The smallest absolute Gasteiger partial charge is 0.246 e. The van der Waals surface area contributed by atoms with Gasteiger partial charge in [0.25, 0.3) is 0 Å². The van der Waals surface area contributed by atoms with E-state index in [1.807, 2.05) is 48.5 Å². The molecule has 0 amide bonds. The number of rotatable bonds is 7. The molecule has 0 aliphatic carbocycles. The van der Waals surface area contributed by atoms with Crippen LogP contribution >= 0.6 is 0 Å². The summed E-state index contributed by atoms with van der Waals surface area (Å²) < 4.78 is 20.2. The van der Waals surface area contributed by atoms with E-state index in [4.69, 9.17) is 24.2 Å². The maximum absolute atomic E-state index is 7.42. The number of hydrogen-bond donors (Lipinski definition) is 2. The van der Waals surface area contributed by atoms with E-state index >= 15 is 0 Å². The van der Waals surface area contributed by atoms with Crippen LogP contribution in [-0.4, -0.2) is 27.0 Å². The van der Waals surface area contributed by atoms with Crippen molar-refractivity contribution in [2.45, 2.75) is 39.6 Å². The number of H-pyrrole nitrogens is 2. The molecular formula is C49H44N4O3. The van der Waals surface area contributed by atoms with Crippen molar-refractivity contribution in [3.05, 3.63) is 157 Å². The van der Waals surface area contributed by atoms with Gasteiger partial charge in [-0.2, -0.15) is 0 Å². The second-order valence-corrected chi connectivity index (χ2v) is 15.0. The molecule has 3 aromatic heterocycles. The van der Waals surface area contributed by atoms with Gasteiger partial charge >= 0.3 is 0 Å². The van der Waals surface area contributed by atoms with Crippen LogP contribution in [0.2, 0.25) is 0 Å². The van der Waals surface area contributed by atoms with Gasteiger partial charge < -0.3 is 24.2 Å². The molecule has 9 rings (SSSR count). The molecule has 0 radical (unpaired) electrons. The second-order valence-electron chi connectivity index (χ2n) is 15.0. The molecule has 0 saturated heterocycles. The Bertz CT molecular complexity index is 2680. The lowest BCUT2D eigenvalue weighted by Gasteiger charge is -2.37. The van der Waals surface area contributed by atoms with E-state index in [0.29, 0.717) is 17.5 Å². The maximum atomic E-state index is 7.42. The molecule has 1 atom stereocenters. The Kier molecular flexibility index (Phi) is 9.02. The van der Waals surface area contributed by atoms with E-state index in [9.17, 15) is 0 Å². The fraction of sp³-hybridized carbons (Fsp3) is 0.184. The number of nitrogens with one attached hydrogen (secondary N) is 2. The normalized spacial score (nSPS) is 14.8. The lowest BCUT2D eigenvalue weighted by atomic mass is 9.75. The second kappa shape index (κ2) is 14.3. The van der Waals surface area contributed by atoms with Crippen molar-refractivity contribution >= 4 is 22.1 Å². The Morgan fingerprint density at radius 3 is 1.34 bits per heavy atom. The first-order chi connectivity index (χ1) is 27.4. The predicted octanol–water partition coefficient (Wildman–Crippen LogP) is 12.3. The molecule has 7 aromatic rings. The molecule has 1 unspecified atom stereocenters. The van der Waals surface area contributed by atoms with E-state index in [0.717, 1.165) is 72.3 Å². The van der Waals surface area contributed by atoms with Crippen LogP contribution in [0.3, 0.4) is 0 Å². The highest BCUT2D eigenvalue weighted by Crippen LogP contribution is 2.51. The van der Waals surface area contributed by atoms with Gasteiger partial charge in [0, 0.05) is 29.3 Å². The highest BCUT2D eigenvalue weighted by molar-refractivity contribution is 5.93. The molecule has 4 aromatic carbocycles. The number of methoxy groups -OCH3 is 1. The van der Waals surface area contributed by atoms with E-state index in [-0.39, 0.29) is 11.8 Å². The highest BCUT2D eigenvalue weighted by Gasteiger charge is 2.49. The van der Waals surface area contributed by atoms with Crippen LogP contribution < -0.4 is 9.47 Å². The van der Waals surface area contributed by atoms with Gasteiger partial charge in [-0.05, 0) is 58.4 Å². The largest absolute Gasteiger partial charge is 0.463 e. The highest BCUT2D eigenvalue weighted by atomic mass is 16.7. The number of aromatic nitrogens is 4. The van der Waals surface area contributed by atoms with Gasteiger partial charge in [-0.1, -0.05) is 149 Å². The first kappa shape index (κ1) is 35.3. The SMILES string of the molecule is COC1Oc2nc1c(-c1ccccc1)c1ccc([nH]1)c(-c1ccccc1)c1nc(c(-c3ccccc3)c3ccc([nH]3)c2-c2ccccc2)C(C(C)C)(C(C)C)O1. The molecule has 7 nitrogen and oxygen atoms in total. The summed E-state index contributed by atoms with van der Waals surface area (Å²) in [6.07, 6.45) is -0.767. The quantitative estimate of drug-likeness (QED) is 0.170. The van der Waals surface area contributed by atoms with Crippen molar-refractivity contribution in [3.8, 4) is 56.3 Å². The van der Waals surface area contributed by atoms with Crippen LogP contribution in [0.5, 0.6) is 11.8 Å². The van der Waals surface area contributed by atoms with Crippen LogP contribution in [0.4, 0.5) is 0 Å². The summed E-state index contributed by atoms with van der Waals surface area (Å²) in [6.45, 7) is 8.93. The summed E-state index contributed by atoms with van der Waals surface area (Å²) >= 11 is 0. The van der Waals surface area contributed by atoms with Gasteiger partial charge in [-0.15, -0.1) is 0 Å². The maximum Gasteiger partial charge on any atom is 0.246 e. The summed E-state index contributed by atoms with van der Waals surface area (Å²) in [5.41, 5.74) is 11.8.